The van der Waals surface area contributed by atoms with Gasteiger partial charge in [0.05, 0.1) is 0 Å². The first-order valence-corrected chi connectivity index (χ1v) is 8.85. The van der Waals surface area contributed by atoms with Gasteiger partial charge in [-0.3, -0.25) is 9.59 Å². The molecule has 120 valence electrons. The van der Waals surface area contributed by atoms with Crippen LogP contribution in [-0.4, -0.2) is 17.1 Å². The number of amides is 2. The molecule has 1 aliphatic rings. The van der Waals surface area contributed by atoms with Crippen LogP contribution in [0, 0.1) is 0 Å². The van der Waals surface area contributed by atoms with E-state index < -0.39 is 0 Å². The molecular formula is C17H23BrN2O2. The fourth-order valence-corrected chi connectivity index (χ4v) is 3.18. The minimum atomic E-state index is -0.171. The van der Waals surface area contributed by atoms with Crippen molar-refractivity contribution in [1.29, 1.82) is 0 Å². The Balaban J connectivity index is 2.01. The molecule has 1 heterocycles. The molecule has 0 fully saturated rings. The van der Waals surface area contributed by atoms with E-state index in [1.807, 2.05) is 18.2 Å². The Morgan fingerprint density at radius 2 is 2.09 bits per heavy atom. The Hall–Kier alpha value is -1.36. The molecule has 22 heavy (non-hydrogen) atoms. The van der Waals surface area contributed by atoms with Gasteiger partial charge in [-0.2, -0.15) is 0 Å². The SMILES string of the molecule is CC1(C)CC(=O)Nc2cc(NC(=O)CCCCCBr)ccc21. The molecule has 0 saturated carbocycles. The van der Waals surface area contributed by atoms with Gasteiger partial charge < -0.3 is 10.6 Å². The minimum absolute atomic E-state index is 0.0238. The summed E-state index contributed by atoms with van der Waals surface area (Å²) in [5.74, 6) is 0.0478. The molecule has 5 heteroatoms. The summed E-state index contributed by atoms with van der Waals surface area (Å²) in [6.07, 6.45) is 4.05. The standard InChI is InChI=1S/C17H23BrN2O2/c1-17(2)11-16(22)20-14-10-12(7-8-13(14)17)19-15(21)6-4-3-5-9-18/h7-8,10H,3-6,9,11H2,1-2H3,(H,19,21)(H,20,22). The smallest absolute Gasteiger partial charge is 0.225 e. The van der Waals surface area contributed by atoms with Gasteiger partial charge >= 0.3 is 0 Å². The molecule has 1 aliphatic heterocycles. The Labute approximate surface area is 140 Å². The van der Waals surface area contributed by atoms with Crippen molar-refractivity contribution in [3.63, 3.8) is 0 Å². The molecule has 2 amide bonds. The van der Waals surface area contributed by atoms with Crippen LogP contribution in [0.4, 0.5) is 11.4 Å². The van der Waals surface area contributed by atoms with Crippen molar-refractivity contribution in [3.05, 3.63) is 23.8 Å². The molecule has 2 rings (SSSR count). The van der Waals surface area contributed by atoms with E-state index in [-0.39, 0.29) is 17.2 Å². The average Bonchev–Trinajstić information content (AvgIpc) is 2.42. The summed E-state index contributed by atoms with van der Waals surface area (Å²) in [4.78, 5) is 23.7. The lowest BCUT2D eigenvalue weighted by molar-refractivity contribution is -0.117. The van der Waals surface area contributed by atoms with Gasteiger partial charge in [0.15, 0.2) is 0 Å². The van der Waals surface area contributed by atoms with Crippen LogP contribution >= 0.6 is 15.9 Å². The molecule has 0 unspecified atom stereocenters. The van der Waals surface area contributed by atoms with Gasteiger partial charge in [0.1, 0.15) is 0 Å². The highest BCUT2D eigenvalue weighted by molar-refractivity contribution is 9.09. The molecule has 0 aliphatic carbocycles. The highest BCUT2D eigenvalue weighted by Crippen LogP contribution is 2.38. The van der Waals surface area contributed by atoms with Crippen LogP contribution in [0.15, 0.2) is 18.2 Å². The van der Waals surface area contributed by atoms with Crippen LogP contribution < -0.4 is 10.6 Å². The number of hydrogen-bond donors (Lipinski definition) is 2. The number of fused-ring (bicyclic) bond motifs is 1. The molecular weight excluding hydrogens is 344 g/mol. The molecule has 0 atom stereocenters. The predicted octanol–water partition coefficient (Wildman–Crippen LogP) is 4.20. The topological polar surface area (TPSA) is 58.2 Å². The van der Waals surface area contributed by atoms with Crippen molar-refractivity contribution in [1.82, 2.24) is 0 Å². The quantitative estimate of drug-likeness (QED) is 0.585. The number of unbranched alkanes of at least 4 members (excludes halogenated alkanes) is 2. The third-order valence-corrected chi connectivity index (χ3v) is 4.51. The van der Waals surface area contributed by atoms with Crippen LogP contribution in [0.25, 0.3) is 0 Å². The van der Waals surface area contributed by atoms with E-state index in [9.17, 15) is 9.59 Å². The number of nitrogens with one attached hydrogen (secondary N) is 2. The fraction of sp³-hybridized carbons (Fsp3) is 0.529. The molecule has 2 N–H and O–H groups in total. The van der Waals surface area contributed by atoms with Crippen molar-refractivity contribution in [2.75, 3.05) is 16.0 Å². The Kier molecular flexibility index (Phi) is 5.62. The van der Waals surface area contributed by atoms with Gasteiger partial charge in [0, 0.05) is 35.0 Å². The zero-order valence-corrected chi connectivity index (χ0v) is 14.8. The number of benzene rings is 1. The van der Waals surface area contributed by atoms with Gasteiger partial charge in [0.25, 0.3) is 0 Å². The predicted molar refractivity (Wildman–Crippen MR) is 93.6 cm³/mol. The Morgan fingerprint density at radius 3 is 2.82 bits per heavy atom. The second-order valence-corrected chi connectivity index (χ2v) is 7.21. The Bertz CT molecular complexity index is 570. The zero-order chi connectivity index (χ0) is 16.2. The number of alkyl halides is 1. The van der Waals surface area contributed by atoms with Crippen LogP contribution in [0.2, 0.25) is 0 Å². The number of carbonyl (C=O) groups excluding carboxylic acids is 2. The lowest BCUT2D eigenvalue weighted by Crippen LogP contribution is -2.32. The van der Waals surface area contributed by atoms with Crippen molar-refractivity contribution in [2.45, 2.75) is 51.4 Å². The third kappa shape index (κ3) is 4.32. The number of carbonyl (C=O) groups is 2. The first-order chi connectivity index (χ1) is 10.4. The molecule has 0 bridgehead atoms. The van der Waals surface area contributed by atoms with Gasteiger partial charge in [-0.15, -0.1) is 0 Å². The number of rotatable bonds is 6. The lowest BCUT2D eigenvalue weighted by atomic mass is 9.78. The summed E-state index contributed by atoms with van der Waals surface area (Å²) < 4.78 is 0. The van der Waals surface area contributed by atoms with E-state index in [4.69, 9.17) is 0 Å². The number of halogens is 1. The van der Waals surface area contributed by atoms with Crippen LogP contribution in [0.1, 0.15) is 51.5 Å². The Morgan fingerprint density at radius 1 is 1.32 bits per heavy atom. The summed E-state index contributed by atoms with van der Waals surface area (Å²) in [7, 11) is 0. The first kappa shape index (κ1) is 17.0. The largest absolute Gasteiger partial charge is 0.326 e. The van der Waals surface area contributed by atoms with Crippen molar-refractivity contribution in [2.24, 2.45) is 0 Å². The lowest BCUT2D eigenvalue weighted by Gasteiger charge is -2.32. The van der Waals surface area contributed by atoms with E-state index in [1.165, 1.54) is 0 Å². The van der Waals surface area contributed by atoms with Crippen LogP contribution in [-0.2, 0) is 15.0 Å². The van der Waals surface area contributed by atoms with Gasteiger partial charge in [-0.25, -0.2) is 0 Å². The molecule has 1 aromatic carbocycles. The molecule has 1 aromatic rings. The van der Waals surface area contributed by atoms with Crippen LogP contribution in [0.3, 0.4) is 0 Å². The van der Waals surface area contributed by atoms with Gasteiger partial charge in [0.2, 0.25) is 11.8 Å². The second kappa shape index (κ2) is 7.27. The molecule has 0 saturated heterocycles. The fourth-order valence-electron chi connectivity index (χ4n) is 2.79. The summed E-state index contributed by atoms with van der Waals surface area (Å²) in [5, 5.41) is 6.78. The van der Waals surface area contributed by atoms with E-state index in [2.05, 4.69) is 40.4 Å². The van der Waals surface area contributed by atoms with E-state index in [1.54, 1.807) is 0 Å². The van der Waals surface area contributed by atoms with E-state index in [0.29, 0.717) is 12.8 Å². The maximum absolute atomic E-state index is 11.9. The number of anilines is 2. The normalized spacial score (nSPS) is 15.9. The zero-order valence-electron chi connectivity index (χ0n) is 13.2. The monoisotopic (exact) mass is 366 g/mol. The summed E-state index contributed by atoms with van der Waals surface area (Å²) >= 11 is 3.38. The number of hydrogen-bond acceptors (Lipinski definition) is 2. The summed E-state index contributed by atoms with van der Waals surface area (Å²) in [6, 6.07) is 5.76. The van der Waals surface area contributed by atoms with Crippen molar-refractivity contribution in [3.8, 4) is 0 Å². The van der Waals surface area contributed by atoms with Gasteiger partial charge in [-0.1, -0.05) is 42.3 Å². The maximum atomic E-state index is 11.9. The maximum Gasteiger partial charge on any atom is 0.225 e. The second-order valence-electron chi connectivity index (χ2n) is 6.42. The van der Waals surface area contributed by atoms with Crippen LogP contribution in [0.5, 0.6) is 0 Å². The van der Waals surface area contributed by atoms with Gasteiger partial charge in [-0.05, 0) is 30.5 Å². The van der Waals surface area contributed by atoms with E-state index in [0.717, 1.165) is 41.5 Å². The highest BCUT2D eigenvalue weighted by Gasteiger charge is 2.31. The molecule has 0 spiro atoms. The minimum Gasteiger partial charge on any atom is -0.326 e. The highest BCUT2D eigenvalue weighted by atomic mass is 79.9. The van der Waals surface area contributed by atoms with Crippen molar-refractivity contribution >= 4 is 39.1 Å². The summed E-state index contributed by atoms with van der Waals surface area (Å²) in [6.45, 7) is 4.12. The van der Waals surface area contributed by atoms with E-state index >= 15 is 0 Å². The third-order valence-electron chi connectivity index (χ3n) is 3.95. The molecule has 4 nitrogen and oxygen atoms in total. The first-order valence-electron chi connectivity index (χ1n) is 7.72. The molecule has 0 aromatic heterocycles. The van der Waals surface area contributed by atoms with Crippen molar-refractivity contribution < 1.29 is 9.59 Å². The summed E-state index contributed by atoms with van der Waals surface area (Å²) in [5.41, 5.74) is 2.48. The average molecular weight is 367 g/mol. The molecule has 0 radical (unpaired) electrons.